The van der Waals surface area contributed by atoms with E-state index in [0.29, 0.717) is 5.38 Å². The summed E-state index contributed by atoms with van der Waals surface area (Å²) in [5, 5.41) is 0.301. The van der Waals surface area contributed by atoms with E-state index in [2.05, 4.69) is 26.8 Å². The Hall–Kier alpha value is 0.0300. The summed E-state index contributed by atoms with van der Waals surface area (Å²) in [5.41, 5.74) is 1.60. The fraction of sp³-hybridized carbons (Fsp3) is 0.833. The number of allylic oxidation sites excluding steroid dienone is 2. The third kappa shape index (κ3) is 3.02. The lowest BCUT2D eigenvalue weighted by Crippen LogP contribution is -2.14. The molecule has 1 heteroatoms. The quantitative estimate of drug-likeness (QED) is 0.469. The standard InChI is InChI=1S/C12H21Cl/c1-4-9(2)10(3)11-6-5-7-12(13)8-11/h8-10,12H,4-7H2,1-3H3. The van der Waals surface area contributed by atoms with E-state index in [1.165, 1.54) is 19.3 Å². The average molecular weight is 201 g/mol. The van der Waals surface area contributed by atoms with Gasteiger partial charge in [-0.3, -0.25) is 0 Å². The molecule has 3 unspecified atom stereocenters. The number of hydrogen-bond donors (Lipinski definition) is 0. The Bertz CT molecular complexity index is 184. The Labute approximate surface area is 87.4 Å². The van der Waals surface area contributed by atoms with Gasteiger partial charge in [0.2, 0.25) is 0 Å². The fourth-order valence-electron chi connectivity index (χ4n) is 2.00. The van der Waals surface area contributed by atoms with E-state index in [0.717, 1.165) is 18.3 Å². The van der Waals surface area contributed by atoms with Crippen molar-refractivity contribution in [2.45, 2.75) is 51.8 Å². The molecule has 1 aliphatic carbocycles. The van der Waals surface area contributed by atoms with Crippen LogP contribution in [0.1, 0.15) is 46.5 Å². The molecule has 0 fully saturated rings. The molecular formula is C12H21Cl. The van der Waals surface area contributed by atoms with Crippen molar-refractivity contribution < 1.29 is 0 Å². The molecule has 3 atom stereocenters. The van der Waals surface area contributed by atoms with Gasteiger partial charge in [0, 0.05) is 0 Å². The maximum absolute atomic E-state index is 6.13. The van der Waals surface area contributed by atoms with Crippen LogP contribution in [0.15, 0.2) is 11.6 Å². The van der Waals surface area contributed by atoms with Gasteiger partial charge in [0.25, 0.3) is 0 Å². The minimum Gasteiger partial charge on any atom is -0.118 e. The average Bonchev–Trinajstić information content (AvgIpc) is 2.15. The highest BCUT2D eigenvalue weighted by molar-refractivity contribution is 6.21. The van der Waals surface area contributed by atoms with Crippen LogP contribution < -0.4 is 0 Å². The van der Waals surface area contributed by atoms with Crippen molar-refractivity contribution in [3.63, 3.8) is 0 Å². The first-order valence-corrected chi connectivity index (χ1v) is 5.93. The predicted molar refractivity (Wildman–Crippen MR) is 60.2 cm³/mol. The van der Waals surface area contributed by atoms with Gasteiger partial charge in [0.1, 0.15) is 0 Å². The van der Waals surface area contributed by atoms with Crippen LogP contribution in [0.4, 0.5) is 0 Å². The second-order valence-corrected chi connectivity index (χ2v) is 4.88. The van der Waals surface area contributed by atoms with Gasteiger partial charge in [0.15, 0.2) is 0 Å². The Morgan fingerprint density at radius 3 is 2.77 bits per heavy atom. The second kappa shape index (κ2) is 5.05. The minimum atomic E-state index is 0.301. The van der Waals surface area contributed by atoms with Crippen molar-refractivity contribution in [1.82, 2.24) is 0 Å². The zero-order valence-electron chi connectivity index (χ0n) is 9.02. The normalized spacial score (nSPS) is 28.0. The minimum absolute atomic E-state index is 0.301. The van der Waals surface area contributed by atoms with Crippen LogP contribution in [0.3, 0.4) is 0 Å². The lowest BCUT2D eigenvalue weighted by atomic mass is 9.82. The van der Waals surface area contributed by atoms with Crippen molar-refractivity contribution in [2.75, 3.05) is 0 Å². The molecule has 1 aliphatic rings. The molecule has 0 radical (unpaired) electrons. The molecular weight excluding hydrogens is 180 g/mol. The maximum Gasteiger partial charge on any atom is 0.0518 e. The summed E-state index contributed by atoms with van der Waals surface area (Å²) in [6, 6.07) is 0. The Balaban J connectivity index is 2.59. The molecule has 0 amide bonds. The van der Waals surface area contributed by atoms with Crippen molar-refractivity contribution in [2.24, 2.45) is 11.8 Å². The summed E-state index contributed by atoms with van der Waals surface area (Å²) < 4.78 is 0. The number of rotatable bonds is 3. The van der Waals surface area contributed by atoms with Gasteiger partial charge in [-0.2, -0.15) is 0 Å². The summed E-state index contributed by atoms with van der Waals surface area (Å²) >= 11 is 6.13. The lowest BCUT2D eigenvalue weighted by molar-refractivity contribution is 0.408. The van der Waals surface area contributed by atoms with Crippen LogP contribution >= 0.6 is 11.6 Å². The number of alkyl halides is 1. The van der Waals surface area contributed by atoms with E-state index < -0.39 is 0 Å². The van der Waals surface area contributed by atoms with Gasteiger partial charge in [-0.1, -0.05) is 38.8 Å². The summed E-state index contributed by atoms with van der Waals surface area (Å²) in [6.45, 7) is 6.95. The smallest absolute Gasteiger partial charge is 0.0518 e. The maximum atomic E-state index is 6.13. The SMILES string of the molecule is CCC(C)C(C)C1=CC(Cl)CCC1. The first kappa shape index (κ1) is 11.1. The molecule has 0 aromatic rings. The van der Waals surface area contributed by atoms with Crippen LogP contribution in [0.2, 0.25) is 0 Å². The molecule has 0 aliphatic heterocycles. The topological polar surface area (TPSA) is 0 Å². The molecule has 0 saturated carbocycles. The Morgan fingerprint density at radius 1 is 1.54 bits per heavy atom. The molecule has 0 aromatic carbocycles. The van der Waals surface area contributed by atoms with Crippen LogP contribution in [0.5, 0.6) is 0 Å². The number of hydrogen-bond acceptors (Lipinski definition) is 0. The highest BCUT2D eigenvalue weighted by Crippen LogP contribution is 2.31. The van der Waals surface area contributed by atoms with Crippen LogP contribution in [0, 0.1) is 11.8 Å². The third-order valence-electron chi connectivity index (χ3n) is 3.42. The molecule has 0 aromatic heterocycles. The Morgan fingerprint density at radius 2 is 2.23 bits per heavy atom. The van der Waals surface area contributed by atoms with Crippen LogP contribution in [-0.4, -0.2) is 5.38 Å². The van der Waals surface area contributed by atoms with E-state index in [9.17, 15) is 0 Å². The number of halogens is 1. The monoisotopic (exact) mass is 200 g/mol. The first-order valence-electron chi connectivity index (χ1n) is 5.49. The van der Waals surface area contributed by atoms with Gasteiger partial charge >= 0.3 is 0 Å². The fourth-order valence-corrected chi connectivity index (χ4v) is 2.31. The largest absolute Gasteiger partial charge is 0.118 e. The van der Waals surface area contributed by atoms with E-state index in [1.54, 1.807) is 5.57 Å². The van der Waals surface area contributed by atoms with Crippen molar-refractivity contribution >= 4 is 11.6 Å². The zero-order chi connectivity index (χ0) is 9.84. The van der Waals surface area contributed by atoms with E-state index in [4.69, 9.17) is 11.6 Å². The van der Waals surface area contributed by atoms with Crippen molar-refractivity contribution in [3.05, 3.63) is 11.6 Å². The summed E-state index contributed by atoms with van der Waals surface area (Å²) in [4.78, 5) is 0. The van der Waals surface area contributed by atoms with Gasteiger partial charge in [0.05, 0.1) is 5.38 Å². The molecule has 76 valence electrons. The van der Waals surface area contributed by atoms with Crippen molar-refractivity contribution in [1.29, 1.82) is 0 Å². The molecule has 0 bridgehead atoms. The molecule has 13 heavy (non-hydrogen) atoms. The highest BCUT2D eigenvalue weighted by Gasteiger charge is 2.19. The second-order valence-electron chi connectivity index (χ2n) is 4.32. The third-order valence-corrected chi connectivity index (χ3v) is 3.77. The molecule has 0 heterocycles. The van der Waals surface area contributed by atoms with E-state index in [1.807, 2.05) is 0 Å². The van der Waals surface area contributed by atoms with Gasteiger partial charge in [-0.05, 0) is 31.1 Å². The summed E-state index contributed by atoms with van der Waals surface area (Å²) in [6.07, 6.45) is 7.28. The molecule has 0 spiro atoms. The van der Waals surface area contributed by atoms with Crippen LogP contribution in [0.25, 0.3) is 0 Å². The first-order chi connectivity index (χ1) is 6.15. The molecule has 0 saturated heterocycles. The predicted octanol–water partition coefficient (Wildman–Crippen LogP) is 4.39. The lowest BCUT2D eigenvalue weighted by Gasteiger charge is -2.26. The summed E-state index contributed by atoms with van der Waals surface area (Å²) in [7, 11) is 0. The Kier molecular flexibility index (Phi) is 4.31. The van der Waals surface area contributed by atoms with Gasteiger partial charge in [-0.15, -0.1) is 11.6 Å². The molecule has 0 N–H and O–H groups in total. The van der Waals surface area contributed by atoms with E-state index >= 15 is 0 Å². The molecule has 1 rings (SSSR count). The van der Waals surface area contributed by atoms with Crippen molar-refractivity contribution in [3.8, 4) is 0 Å². The van der Waals surface area contributed by atoms with Crippen LogP contribution in [-0.2, 0) is 0 Å². The zero-order valence-corrected chi connectivity index (χ0v) is 9.77. The summed E-state index contributed by atoms with van der Waals surface area (Å²) in [5.74, 6) is 1.53. The van der Waals surface area contributed by atoms with Gasteiger partial charge < -0.3 is 0 Å². The molecule has 0 nitrogen and oxygen atoms in total. The van der Waals surface area contributed by atoms with E-state index in [-0.39, 0.29) is 0 Å². The highest BCUT2D eigenvalue weighted by atomic mass is 35.5. The van der Waals surface area contributed by atoms with Gasteiger partial charge in [-0.25, -0.2) is 0 Å².